The summed E-state index contributed by atoms with van der Waals surface area (Å²) in [6.07, 6.45) is 4.94. The van der Waals surface area contributed by atoms with Gasteiger partial charge in [-0.25, -0.2) is 0 Å². The molecule has 19 heavy (non-hydrogen) atoms. The van der Waals surface area contributed by atoms with E-state index in [1.807, 2.05) is 26.0 Å². The summed E-state index contributed by atoms with van der Waals surface area (Å²) in [5.74, 6) is 1.64. The molecule has 4 nitrogen and oxygen atoms in total. The number of nitrogens with zero attached hydrogens (tertiary/aromatic N) is 2. The van der Waals surface area contributed by atoms with Gasteiger partial charge in [0.1, 0.15) is 0 Å². The number of ether oxygens (including phenoxy) is 2. The lowest BCUT2D eigenvalue weighted by Crippen LogP contribution is -2.44. The Balaban J connectivity index is 2.19. The van der Waals surface area contributed by atoms with E-state index in [0.717, 1.165) is 31.1 Å². The van der Waals surface area contributed by atoms with Gasteiger partial charge >= 0.3 is 0 Å². The number of rotatable bonds is 7. The molecular formula is C15H28N2O2. The summed E-state index contributed by atoms with van der Waals surface area (Å²) in [5.41, 5.74) is 0. The molecule has 1 rings (SSSR count). The minimum Gasteiger partial charge on any atom is -0.493 e. The molecule has 0 bridgehead atoms. The third kappa shape index (κ3) is 5.66. The molecule has 4 heteroatoms. The van der Waals surface area contributed by atoms with Gasteiger partial charge in [-0.05, 0) is 39.5 Å². The van der Waals surface area contributed by atoms with E-state index in [9.17, 15) is 0 Å². The summed E-state index contributed by atoms with van der Waals surface area (Å²) in [6.45, 7) is 10.5. The molecule has 110 valence electrons. The zero-order chi connectivity index (χ0) is 14.1. The van der Waals surface area contributed by atoms with E-state index in [-0.39, 0.29) is 0 Å². The molecule has 1 aliphatic rings. The number of likely N-dealkylation sites (N-methyl/N-ethyl adjacent to an activating group) is 1. The predicted molar refractivity (Wildman–Crippen MR) is 79.0 cm³/mol. The number of methoxy groups -OCH3 is 1. The molecule has 0 N–H and O–H groups in total. The fraction of sp³-hybridized carbons (Fsp3) is 0.733. The van der Waals surface area contributed by atoms with Crippen molar-refractivity contribution < 1.29 is 9.47 Å². The second-order valence-corrected chi connectivity index (χ2v) is 4.86. The lowest BCUT2D eigenvalue weighted by atomic mass is 10.3. The maximum atomic E-state index is 5.78. The molecule has 0 aromatic heterocycles. The Morgan fingerprint density at radius 2 is 1.68 bits per heavy atom. The van der Waals surface area contributed by atoms with Crippen molar-refractivity contribution >= 4 is 0 Å². The third-order valence-corrected chi connectivity index (χ3v) is 3.46. The monoisotopic (exact) mass is 268 g/mol. The standard InChI is InChI=1S/C15H28N2O2/c1-5-14(18-4)15(6-2)19-13-7-8-17-11-9-16(3)10-12-17/h5-6H,7-13H2,1-4H3. The van der Waals surface area contributed by atoms with Crippen molar-refractivity contribution in [3.8, 4) is 0 Å². The number of hydrogen-bond donors (Lipinski definition) is 0. The van der Waals surface area contributed by atoms with Gasteiger partial charge in [0.25, 0.3) is 0 Å². The van der Waals surface area contributed by atoms with Gasteiger partial charge in [-0.2, -0.15) is 0 Å². The van der Waals surface area contributed by atoms with E-state index in [1.165, 1.54) is 26.2 Å². The van der Waals surface area contributed by atoms with Crippen LogP contribution >= 0.6 is 0 Å². The highest BCUT2D eigenvalue weighted by Gasteiger charge is 2.13. The van der Waals surface area contributed by atoms with Crippen LogP contribution in [-0.4, -0.2) is 63.3 Å². The van der Waals surface area contributed by atoms with Crippen LogP contribution in [0.4, 0.5) is 0 Å². The number of piperazine rings is 1. The number of hydrogen-bond acceptors (Lipinski definition) is 4. The van der Waals surface area contributed by atoms with Crippen LogP contribution in [0.15, 0.2) is 23.7 Å². The van der Waals surface area contributed by atoms with Crippen LogP contribution in [0.3, 0.4) is 0 Å². The maximum Gasteiger partial charge on any atom is 0.156 e. The van der Waals surface area contributed by atoms with Crippen molar-refractivity contribution in [2.45, 2.75) is 20.3 Å². The summed E-state index contributed by atoms with van der Waals surface area (Å²) < 4.78 is 11.0. The molecular weight excluding hydrogens is 240 g/mol. The molecule has 0 aliphatic carbocycles. The molecule has 0 amide bonds. The Hall–Kier alpha value is -1.00. The van der Waals surface area contributed by atoms with E-state index in [0.29, 0.717) is 0 Å². The molecule has 0 atom stereocenters. The molecule has 0 unspecified atom stereocenters. The molecule has 0 saturated carbocycles. The van der Waals surface area contributed by atoms with E-state index in [4.69, 9.17) is 9.47 Å². The lowest BCUT2D eigenvalue weighted by Gasteiger charge is -2.32. The van der Waals surface area contributed by atoms with Gasteiger partial charge in [-0.1, -0.05) is 0 Å². The fourth-order valence-corrected chi connectivity index (χ4v) is 2.20. The van der Waals surface area contributed by atoms with Crippen molar-refractivity contribution in [2.75, 3.05) is 53.5 Å². The van der Waals surface area contributed by atoms with E-state index < -0.39 is 0 Å². The first-order chi connectivity index (χ1) is 9.21. The number of allylic oxidation sites excluding steroid dienone is 2. The molecule has 1 saturated heterocycles. The SMILES string of the molecule is CC=C(OC)C(=CC)OCCCN1CCN(C)CC1. The van der Waals surface area contributed by atoms with Crippen molar-refractivity contribution in [3.05, 3.63) is 23.7 Å². The Bertz CT molecular complexity index is 305. The quantitative estimate of drug-likeness (QED) is 0.401. The van der Waals surface area contributed by atoms with Gasteiger partial charge in [-0.3, -0.25) is 0 Å². The fourth-order valence-electron chi connectivity index (χ4n) is 2.20. The highest BCUT2D eigenvalue weighted by Crippen LogP contribution is 2.12. The molecule has 0 spiro atoms. The Labute approximate surface area is 117 Å². The van der Waals surface area contributed by atoms with Crippen LogP contribution in [0.25, 0.3) is 0 Å². The van der Waals surface area contributed by atoms with Crippen LogP contribution in [-0.2, 0) is 9.47 Å². The van der Waals surface area contributed by atoms with Gasteiger partial charge in [0, 0.05) is 32.7 Å². The highest BCUT2D eigenvalue weighted by molar-refractivity contribution is 5.18. The smallest absolute Gasteiger partial charge is 0.156 e. The van der Waals surface area contributed by atoms with Crippen LogP contribution in [0.1, 0.15) is 20.3 Å². The first kappa shape index (κ1) is 16.1. The van der Waals surface area contributed by atoms with Crippen molar-refractivity contribution in [1.29, 1.82) is 0 Å². The highest BCUT2D eigenvalue weighted by atomic mass is 16.5. The molecule has 1 fully saturated rings. The second-order valence-electron chi connectivity index (χ2n) is 4.86. The van der Waals surface area contributed by atoms with Gasteiger partial charge < -0.3 is 19.3 Å². The van der Waals surface area contributed by atoms with E-state index >= 15 is 0 Å². The Morgan fingerprint density at radius 1 is 1.05 bits per heavy atom. The first-order valence-electron chi connectivity index (χ1n) is 7.12. The molecule has 0 radical (unpaired) electrons. The molecule has 1 aliphatic heterocycles. The van der Waals surface area contributed by atoms with Crippen molar-refractivity contribution in [1.82, 2.24) is 9.80 Å². The summed E-state index contributed by atoms with van der Waals surface area (Å²) in [7, 11) is 3.86. The zero-order valence-electron chi connectivity index (χ0n) is 12.8. The maximum absolute atomic E-state index is 5.78. The summed E-state index contributed by atoms with van der Waals surface area (Å²) in [6, 6.07) is 0. The van der Waals surface area contributed by atoms with Crippen LogP contribution < -0.4 is 0 Å². The zero-order valence-corrected chi connectivity index (χ0v) is 12.8. The molecule has 0 aromatic carbocycles. The second kappa shape index (κ2) is 8.99. The van der Waals surface area contributed by atoms with E-state index in [1.54, 1.807) is 7.11 Å². The van der Waals surface area contributed by atoms with Crippen molar-refractivity contribution in [3.63, 3.8) is 0 Å². The Morgan fingerprint density at radius 3 is 2.21 bits per heavy atom. The van der Waals surface area contributed by atoms with Gasteiger partial charge in [0.05, 0.1) is 13.7 Å². The largest absolute Gasteiger partial charge is 0.493 e. The predicted octanol–water partition coefficient (Wildman–Crippen LogP) is 2.09. The van der Waals surface area contributed by atoms with Crippen molar-refractivity contribution in [2.24, 2.45) is 0 Å². The van der Waals surface area contributed by atoms with Gasteiger partial charge in [0.15, 0.2) is 11.5 Å². The lowest BCUT2D eigenvalue weighted by molar-refractivity contribution is 0.129. The minimum atomic E-state index is 0.743. The topological polar surface area (TPSA) is 24.9 Å². The van der Waals surface area contributed by atoms with Gasteiger partial charge in [-0.15, -0.1) is 0 Å². The normalized spacial score (nSPS) is 19.6. The minimum absolute atomic E-state index is 0.743. The summed E-state index contributed by atoms with van der Waals surface area (Å²) >= 11 is 0. The molecule has 1 heterocycles. The van der Waals surface area contributed by atoms with Crippen LogP contribution in [0.2, 0.25) is 0 Å². The molecule has 0 aromatic rings. The average Bonchev–Trinajstić information content (AvgIpc) is 2.44. The van der Waals surface area contributed by atoms with Crippen LogP contribution in [0.5, 0.6) is 0 Å². The third-order valence-electron chi connectivity index (χ3n) is 3.46. The first-order valence-corrected chi connectivity index (χ1v) is 7.12. The summed E-state index contributed by atoms with van der Waals surface area (Å²) in [5, 5.41) is 0. The van der Waals surface area contributed by atoms with Gasteiger partial charge in [0.2, 0.25) is 0 Å². The summed E-state index contributed by atoms with van der Waals surface area (Å²) in [4.78, 5) is 4.88. The average molecular weight is 268 g/mol. The van der Waals surface area contributed by atoms with Crippen LogP contribution in [0, 0.1) is 0 Å². The van der Waals surface area contributed by atoms with E-state index in [2.05, 4.69) is 16.8 Å². The Kier molecular flexibility index (Phi) is 7.60.